The van der Waals surface area contributed by atoms with E-state index in [0.29, 0.717) is 12.5 Å². The summed E-state index contributed by atoms with van der Waals surface area (Å²) in [7, 11) is 0. The van der Waals surface area contributed by atoms with Crippen molar-refractivity contribution in [2.45, 2.75) is 46.0 Å². The maximum absolute atomic E-state index is 11.6. The third-order valence-corrected chi connectivity index (χ3v) is 2.84. The molecule has 3 nitrogen and oxygen atoms in total. The fourth-order valence-electron chi connectivity index (χ4n) is 1.96. The molecule has 0 atom stereocenters. The van der Waals surface area contributed by atoms with Gasteiger partial charge >= 0.3 is 5.97 Å². The van der Waals surface area contributed by atoms with Crippen molar-refractivity contribution in [2.75, 3.05) is 6.61 Å². The van der Waals surface area contributed by atoms with Crippen molar-refractivity contribution in [2.24, 2.45) is 5.92 Å². The minimum Gasteiger partial charge on any atom is -0.462 e. The molecule has 3 heteroatoms. The molecule has 1 aliphatic rings. The molecule has 1 fully saturated rings. The first kappa shape index (κ1) is 12.9. The van der Waals surface area contributed by atoms with Crippen LogP contribution in [0.5, 0.6) is 0 Å². The molecular formula is C13H20O3. The van der Waals surface area contributed by atoms with Crippen LogP contribution in [0, 0.1) is 5.92 Å². The van der Waals surface area contributed by atoms with E-state index in [4.69, 9.17) is 4.74 Å². The lowest BCUT2D eigenvalue weighted by molar-refractivity contribution is -0.140. The summed E-state index contributed by atoms with van der Waals surface area (Å²) in [5.74, 6) is -0.262. The Morgan fingerprint density at radius 3 is 2.44 bits per heavy atom. The summed E-state index contributed by atoms with van der Waals surface area (Å²) < 4.78 is 5.00. The topological polar surface area (TPSA) is 43.4 Å². The van der Waals surface area contributed by atoms with Gasteiger partial charge in [-0.15, -0.1) is 0 Å². The molecule has 0 N–H and O–H groups in total. The summed E-state index contributed by atoms with van der Waals surface area (Å²) >= 11 is 0. The highest BCUT2D eigenvalue weighted by Crippen LogP contribution is 2.27. The van der Waals surface area contributed by atoms with E-state index in [0.717, 1.165) is 19.3 Å². The van der Waals surface area contributed by atoms with Crippen LogP contribution in [0.2, 0.25) is 0 Å². The lowest BCUT2D eigenvalue weighted by Gasteiger charge is -2.07. The van der Waals surface area contributed by atoms with Gasteiger partial charge in [-0.1, -0.05) is 25.8 Å². The van der Waals surface area contributed by atoms with E-state index in [1.165, 1.54) is 19.8 Å². The number of Topliss-reactive ketones (excluding diaryl/α,β-unsaturated/α-hetero) is 1. The second-order valence-electron chi connectivity index (χ2n) is 4.32. The third-order valence-electron chi connectivity index (χ3n) is 2.84. The molecule has 90 valence electrons. The maximum Gasteiger partial charge on any atom is 0.341 e. The molecule has 1 rings (SSSR count). The van der Waals surface area contributed by atoms with Gasteiger partial charge in [-0.05, 0) is 32.1 Å². The van der Waals surface area contributed by atoms with E-state index in [1.54, 1.807) is 0 Å². The summed E-state index contributed by atoms with van der Waals surface area (Å²) in [6.07, 6.45) is 7.13. The van der Waals surface area contributed by atoms with Crippen molar-refractivity contribution in [1.29, 1.82) is 0 Å². The van der Waals surface area contributed by atoms with E-state index in [2.05, 4.69) is 0 Å². The Hall–Kier alpha value is -1.12. The summed E-state index contributed by atoms with van der Waals surface area (Å²) in [6, 6.07) is 0. The zero-order chi connectivity index (χ0) is 12.0. The zero-order valence-electron chi connectivity index (χ0n) is 10.1. The predicted octanol–water partition coefficient (Wildman–Crippen LogP) is 2.65. The van der Waals surface area contributed by atoms with Gasteiger partial charge < -0.3 is 4.74 Å². The number of carbonyl (C=O) groups is 2. The van der Waals surface area contributed by atoms with Crippen molar-refractivity contribution >= 4 is 11.8 Å². The van der Waals surface area contributed by atoms with Gasteiger partial charge in [-0.25, -0.2) is 4.79 Å². The van der Waals surface area contributed by atoms with Crippen LogP contribution < -0.4 is 0 Å². The molecule has 0 heterocycles. The van der Waals surface area contributed by atoms with Gasteiger partial charge in [0.25, 0.3) is 0 Å². The molecule has 0 unspecified atom stereocenters. The van der Waals surface area contributed by atoms with Crippen molar-refractivity contribution in [3.63, 3.8) is 0 Å². The predicted molar refractivity (Wildman–Crippen MR) is 62.0 cm³/mol. The molecule has 0 aromatic carbocycles. The fourth-order valence-corrected chi connectivity index (χ4v) is 1.96. The van der Waals surface area contributed by atoms with Crippen LogP contribution in [0.15, 0.2) is 11.6 Å². The first-order valence-corrected chi connectivity index (χ1v) is 6.05. The highest BCUT2D eigenvalue weighted by atomic mass is 16.5. The second-order valence-corrected chi connectivity index (χ2v) is 4.32. The van der Waals surface area contributed by atoms with E-state index in [1.807, 2.05) is 13.0 Å². The maximum atomic E-state index is 11.6. The average molecular weight is 224 g/mol. The molecule has 0 aliphatic heterocycles. The summed E-state index contributed by atoms with van der Waals surface area (Å²) in [4.78, 5) is 23.0. The molecule has 0 saturated heterocycles. The highest BCUT2D eigenvalue weighted by Gasteiger charge is 2.20. The van der Waals surface area contributed by atoms with Crippen LogP contribution in [0.1, 0.15) is 46.0 Å². The van der Waals surface area contributed by atoms with Gasteiger partial charge in [0, 0.05) is 0 Å². The van der Waals surface area contributed by atoms with Crippen molar-refractivity contribution in [1.82, 2.24) is 0 Å². The van der Waals surface area contributed by atoms with Gasteiger partial charge in [-0.3, -0.25) is 4.79 Å². The Morgan fingerprint density at radius 2 is 1.94 bits per heavy atom. The summed E-state index contributed by atoms with van der Waals surface area (Å²) in [6.45, 7) is 3.74. The monoisotopic (exact) mass is 224 g/mol. The van der Waals surface area contributed by atoms with Crippen LogP contribution in [0.25, 0.3) is 0 Å². The highest BCUT2D eigenvalue weighted by molar-refractivity contribution is 6.16. The number of allylic oxidation sites excluding steroid dienone is 1. The minimum absolute atomic E-state index is 0.187. The van der Waals surface area contributed by atoms with Crippen LogP contribution >= 0.6 is 0 Å². The quantitative estimate of drug-likeness (QED) is 0.312. The number of ketones is 1. The number of ether oxygens (including phenoxy) is 1. The number of hydrogen-bond acceptors (Lipinski definition) is 3. The molecule has 0 aromatic rings. The van der Waals surface area contributed by atoms with Gasteiger partial charge in [0.15, 0.2) is 5.78 Å². The molecule has 1 saturated carbocycles. The SMILES string of the molecule is CCCOC(=O)C(=CC1CCCC1)C(C)=O. The van der Waals surface area contributed by atoms with Crippen molar-refractivity contribution in [3.05, 3.63) is 11.6 Å². The molecule has 0 spiro atoms. The summed E-state index contributed by atoms with van der Waals surface area (Å²) in [5.41, 5.74) is 0.236. The summed E-state index contributed by atoms with van der Waals surface area (Å²) in [5, 5.41) is 0. The lowest BCUT2D eigenvalue weighted by atomic mass is 10.0. The Morgan fingerprint density at radius 1 is 1.31 bits per heavy atom. The smallest absolute Gasteiger partial charge is 0.341 e. The Bertz CT molecular complexity index is 286. The molecule has 16 heavy (non-hydrogen) atoms. The van der Waals surface area contributed by atoms with E-state index < -0.39 is 5.97 Å². The number of rotatable bonds is 5. The molecule has 0 amide bonds. The first-order valence-electron chi connectivity index (χ1n) is 6.05. The Balaban J connectivity index is 2.65. The molecule has 0 bridgehead atoms. The van der Waals surface area contributed by atoms with E-state index in [-0.39, 0.29) is 11.4 Å². The Labute approximate surface area is 96.9 Å². The van der Waals surface area contributed by atoms with Crippen LogP contribution in [-0.2, 0) is 14.3 Å². The van der Waals surface area contributed by atoms with Crippen LogP contribution in [0.3, 0.4) is 0 Å². The van der Waals surface area contributed by atoms with Crippen molar-refractivity contribution < 1.29 is 14.3 Å². The number of esters is 1. The average Bonchev–Trinajstić information content (AvgIpc) is 2.74. The molecule has 0 radical (unpaired) electrons. The zero-order valence-corrected chi connectivity index (χ0v) is 10.1. The van der Waals surface area contributed by atoms with Gasteiger partial charge in [-0.2, -0.15) is 0 Å². The second kappa shape index (κ2) is 6.46. The van der Waals surface area contributed by atoms with Crippen LogP contribution in [-0.4, -0.2) is 18.4 Å². The molecule has 0 aromatic heterocycles. The number of carbonyl (C=O) groups excluding carboxylic acids is 2. The lowest BCUT2D eigenvalue weighted by Crippen LogP contribution is -2.15. The van der Waals surface area contributed by atoms with Crippen LogP contribution in [0.4, 0.5) is 0 Å². The van der Waals surface area contributed by atoms with Gasteiger partial charge in [0.1, 0.15) is 0 Å². The fraction of sp³-hybridized carbons (Fsp3) is 0.692. The first-order chi connectivity index (χ1) is 7.65. The standard InChI is InChI=1S/C13H20O3/c1-3-8-16-13(15)12(10(2)14)9-11-6-4-5-7-11/h9,11H,3-8H2,1-2H3. The largest absolute Gasteiger partial charge is 0.462 e. The van der Waals surface area contributed by atoms with Crippen molar-refractivity contribution in [3.8, 4) is 0 Å². The minimum atomic E-state index is -0.457. The van der Waals surface area contributed by atoms with E-state index >= 15 is 0 Å². The van der Waals surface area contributed by atoms with E-state index in [9.17, 15) is 9.59 Å². The molecule has 1 aliphatic carbocycles. The van der Waals surface area contributed by atoms with Gasteiger partial charge in [0.2, 0.25) is 0 Å². The third kappa shape index (κ3) is 3.80. The molecular weight excluding hydrogens is 204 g/mol. The van der Waals surface area contributed by atoms with Gasteiger partial charge in [0.05, 0.1) is 12.2 Å². The Kier molecular flexibility index (Phi) is 5.23. The number of hydrogen-bond donors (Lipinski definition) is 0. The normalized spacial score (nSPS) is 17.5.